The lowest BCUT2D eigenvalue weighted by Crippen LogP contribution is -2.32. The third-order valence-electron chi connectivity index (χ3n) is 5.96. The predicted octanol–water partition coefficient (Wildman–Crippen LogP) is 7.06. The Labute approximate surface area is 236 Å². The quantitative estimate of drug-likeness (QED) is 0.226. The fourth-order valence-corrected chi connectivity index (χ4v) is 5.32. The van der Waals surface area contributed by atoms with Crippen molar-refractivity contribution < 1.29 is 19.1 Å². The van der Waals surface area contributed by atoms with Gasteiger partial charge in [-0.3, -0.25) is 4.98 Å². The standard InChI is InChI=1S/C31H39N3O4S/c1-19(2)16-25-23(17-33-30(36)38-31(5,6)7)27(22-13-11-20(3)12-14-22)24(21(4)34-25)18-39-26-10-9-15-32-28(26)29(35)37-8/h9-15,19H,16-18H2,1-8H3,(H,33,36). The van der Waals surface area contributed by atoms with Crippen LogP contribution in [0, 0.1) is 19.8 Å². The summed E-state index contributed by atoms with van der Waals surface area (Å²) < 4.78 is 10.5. The highest BCUT2D eigenvalue weighted by Gasteiger charge is 2.23. The van der Waals surface area contributed by atoms with Crippen molar-refractivity contribution in [3.05, 3.63) is 76.4 Å². The molecule has 1 amide bonds. The number of thioether (sulfide) groups is 1. The number of alkyl carbamates (subject to hydrolysis) is 1. The molecule has 0 aliphatic carbocycles. The molecule has 39 heavy (non-hydrogen) atoms. The van der Waals surface area contributed by atoms with Crippen molar-refractivity contribution in [1.82, 2.24) is 15.3 Å². The highest BCUT2D eigenvalue weighted by molar-refractivity contribution is 7.98. The van der Waals surface area contributed by atoms with Crippen LogP contribution >= 0.6 is 11.8 Å². The van der Waals surface area contributed by atoms with Gasteiger partial charge in [0.15, 0.2) is 5.69 Å². The molecule has 2 heterocycles. The predicted molar refractivity (Wildman–Crippen MR) is 156 cm³/mol. The minimum atomic E-state index is -0.598. The maximum absolute atomic E-state index is 12.6. The zero-order valence-corrected chi connectivity index (χ0v) is 25.0. The molecule has 0 unspecified atom stereocenters. The normalized spacial score (nSPS) is 11.4. The molecular weight excluding hydrogens is 510 g/mol. The van der Waals surface area contributed by atoms with Crippen LogP contribution in [0.5, 0.6) is 0 Å². The Balaban J connectivity index is 2.13. The summed E-state index contributed by atoms with van der Waals surface area (Å²) in [4.78, 5) is 35.0. The van der Waals surface area contributed by atoms with Crippen LogP contribution in [-0.4, -0.2) is 34.7 Å². The molecule has 208 valence electrons. The molecular formula is C31H39N3O4S. The van der Waals surface area contributed by atoms with Gasteiger partial charge in [-0.05, 0) is 75.8 Å². The maximum atomic E-state index is 12.6. The number of hydrogen-bond donors (Lipinski definition) is 1. The van der Waals surface area contributed by atoms with Crippen LogP contribution in [0.2, 0.25) is 0 Å². The maximum Gasteiger partial charge on any atom is 0.407 e. The first kappa shape index (κ1) is 30.2. The minimum absolute atomic E-state index is 0.283. The van der Waals surface area contributed by atoms with Gasteiger partial charge in [0.1, 0.15) is 5.60 Å². The molecule has 0 radical (unpaired) electrons. The van der Waals surface area contributed by atoms with Gasteiger partial charge in [0.2, 0.25) is 0 Å². The Morgan fingerprint density at radius 2 is 1.74 bits per heavy atom. The second-order valence-corrected chi connectivity index (χ2v) is 11.9. The van der Waals surface area contributed by atoms with Crippen molar-refractivity contribution in [2.75, 3.05) is 7.11 Å². The van der Waals surface area contributed by atoms with Crippen LogP contribution in [0.15, 0.2) is 47.5 Å². The first-order chi connectivity index (χ1) is 18.4. The lowest BCUT2D eigenvalue weighted by molar-refractivity contribution is 0.0522. The van der Waals surface area contributed by atoms with Gasteiger partial charge in [-0.25, -0.2) is 14.6 Å². The zero-order valence-electron chi connectivity index (χ0n) is 24.2. The van der Waals surface area contributed by atoms with Crippen molar-refractivity contribution in [3.63, 3.8) is 0 Å². The molecule has 0 saturated heterocycles. The highest BCUT2D eigenvalue weighted by atomic mass is 32.2. The second kappa shape index (κ2) is 13.1. The summed E-state index contributed by atoms with van der Waals surface area (Å²) in [5.41, 5.74) is 6.83. The van der Waals surface area contributed by atoms with E-state index in [2.05, 4.69) is 55.3 Å². The van der Waals surface area contributed by atoms with Crippen LogP contribution in [0.25, 0.3) is 11.1 Å². The molecule has 0 bridgehead atoms. The highest BCUT2D eigenvalue weighted by Crippen LogP contribution is 2.37. The number of rotatable bonds is 9. The third kappa shape index (κ3) is 8.30. The van der Waals surface area contributed by atoms with Crippen molar-refractivity contribution in [3.8, 4) is 11.1 Å². The summed E-state index contributed by atoms with van der Waals surface area (Å²) in [6.07, 6.45) is 1.89. The van der Waals surface area contributed by atoms with Crippen LogP contribution in [0.3, 0.4) is 0 Å². The zero-order chi connectivity index (χ0) is 28.7. The number of hydrogen-bond acceptors (Lipinski definition) is 7. The van der Waals surface area contributed by atoms with E-state index in [0.29, 0.717) is 11.7 Å². The summed E-state index contributed by atoms with van der Waals surface area (Å²) in [6, 6.07) is 12.1. The summed E-state index contributed by atoms with van der Waals surface area (Å²) in [5.74, 6) is 0.460. The Hall–Kier alpha value is -3.39. The van der Waals surface area contributed by atoms with Crippen LogP contribution < -0.4 is 5.32 Å². The van der Waals surface area contributed by atoms with Crippen molar-refractivity contribution >= 4 is 23.8 Å². The Morgan fingerprint density at radius 1 is 1.05 bits per heavy atom. The molecule has 0 aliphatic rings. The molecule has 0 aliphatic heterocycles. The molecule has 0 atom stereocenters. The number of carbonyl (C=O) groups is 2. The number of nitrogens with zero attached hydrogens (tertiary/aromatic N) is 2. The SMILES string of the molecule is COC(=O)c1ncccc1SCc1c(C)nc(CC(C)C)c(CNC(=O)OC(C)(C)C)c1-c1ccc(C)cc1. The summed E-state index contributed by atoms with van der Waals surface area (Å²) >= 11 is 1.52. The topological polar surface area (TPSA) is 90.4 Å². The monoisotopic (exact) mass is 549 g/mol. The van der Waals surface area contributed by atoms with E-state index in [1.165, 1.54) is 18.9 Å². The third-order valence-corrected chi connectivity index (χ3v) is 7.04. The molecule has 0 fully saturated rings. The van der Waals surface area contributed by atoms with Gasteiger partial charge in [-0.1, -0.05) is 43.7 Å². The average molecular weight is 550 g/mol. The number of pyridine rings is 2. The van der Waals surface area contributed by atoms with E-state index in [1.54, 1.807) is 6.20 Å². The number of aryl methyl sites for hydroxylation is 2. The fourth-order valence-electron chi connectivity index (χ4n) is 4.22. The first-order valence-electron chi connectivity index (χ1n) is 13.1. The summed E-state index contributed by atoms with van der Waals surface area (Å²) in [7, 11) is 1.35. The lowest BCUT2D eigenvalue weighted by Gasteiger charge is -2.23. The number of aromatic nitrogens is 2. The molecule has 0 spiro atoms. The molecule has 1 N–H and O–H groups in total. The number of nitrogens with one attached hydrogen (secondary N) is 1. The smallest absolute Gasteiger partial charge is 0.407 e. The van der Waals surface area contributed by atoms with Gasteiger partial charge in [-0.2, -0.15) is 0 Å². The number of methoxy groups -OCH3 is 1. The Kier molecular flexibility index (Phi) is 10.1. The largest absolute Gasteiger partial charge is 0.464 e. The number of benzene rings is 1. The van der Waals surface area contributed by atoms with Gasteiger partial charge < -0.3 is 14.8 Å². The summed E-state index contributed by atoms with van der Waals surface area (Å²) in [6.45, 7) is 14.2. The van der Waals surface area contributed by atoms with E-state index >= 15 is 0 Å². The van der Waals surface area contributed by atoms with Crippen molar-refractivity contribution in [2.24, 2.45) is 5.92 Å². The minimum Gasteiger partial charge on any atom is -0.464 e. The van der Waals surface area contributed by atoms with E-state index in [9.17, 15) is 9.59 Å². The Morgan fingerprint density at radius 3 is 2.36 bits per heavy atom. The lowest BCUT2D eigenvalue weighted by atomic mass is 9.90. The van der Waals surface area contributed by atoms with E-state index in [0.717, 1.165) is 50.5 Å². The van der Waals surface area contributed by atoms with Gasteiger partial charge in [0, 0.05) is 40.3 Å². The van der Waals surface area contributed by atoms with Crippen molar-refractivity contribution in [1.29, 1.82) is 0 Å². The van der Waals surface area contributed by atoms with E-state index < -0.39 is 17.7 Å². The number of ether oxygens (including phenoxy) is 2. The average Bonchev–Trinajstić information content (AvgIpc) is 2.86. The number of amides is 1. The number of carbonyl (C=O) groups excluding carboxylic acids is 2. The van der Waals surface area contributed by atoms with Crippen LogP contribution in [-0.2, 0) is 28.2 Å². The second-order valence-electron chi connectivity index (χ2n) is 10.9. The molecule has 1 aromatic carbocycles. The molecule has 8 heteroatoms. The van der Waals surface area contributed by atoms with Crippen molar-refractivity contribution in [2.45, 2.75) is 77.7 Å². The van der Waals surface area contributed by atoms with E-state index in [-0.39, 0.29) is 12.2 Å². The molecule has 2 aromatic heterocycles. The molecule has 3 aromatic rings. The molecule has 3 rings (SSSR count). The van der Waals surface area contributed by atoms with Gasteiger partial charge in [0.05, 0.1) is 7.11 Å². The van der Waals surface area contributed by atoms with E-state index in [1.807, 2.05) is 39.8 Å². The molecule has 0 saturated carbocycles. The van der Waals surface area contributed by atoms with Gasteiger partial charge >= 0.3 is 12.1 Å². The molecule has 7 nitrogen and oxygen atoms in total. The van der Waals surface area contributed by atoms with Crippen LogP contribution in [0.1, 0.15) is 73.2 Å². The first-order valence-corrected chi connectivity index (χ1v) is 14.1. The van der Waals surface area contributed by atoms with Crippen LogP contribution in [0.4, 0.5) is 4.79 Å². The Bertz CT molecular complexity index is 1310. The van der Waals surface area contributed by atoms with E-state index in [4.69, 9.17) is 14.5 Å². The summed E-state index contributed by atoms with van der Waals surface area (Å²) in [5, 5.41) is 2.96. The van der Waals surface area contributed by atoms with Gasteiger partial charge in [-0.15, -0.1) is 11.8 Å². The van der Waals surface area contributed by atoms with Gasteiger partial charge in [0.25, 0.3) is 0 Å². The fraction of sp³-hybridized carbons (Fsp3) is 0.419. The number of esters is 1.